The van der Waals surface area contributed by atoms with Crippen LogP contribution in [0.1, 0.15) is 15.9 Å². The third-order valence-electron chi connectivity index (χ3n) is 3.42. The van der Waals surface area contributed by atoms with Crippen molar-refractivity contribution >= 4 is 5.97 Å². The summed E-state index contributed by atoms with van der Waals surface area (Å²) in [7, 11) is 0. The second-order valence-electron chi connectivity index (χ2n) is 4.66. The summed E-state index contributed by atoms with van der Waals surface area (Å²) < 4.78 is 1.86. The van der Waals surface area contributed by atoms with E-state index in [1.807, 2.05) is 41.1 Å². The highest BCUT2D eigenvalue weighted by atomic mass is 16.4. The molecule has 1 aromatic heterocycles. The molecule has 0 aliphatic carbocycles. The van der Waals surface area contributed by atoms with Crippen molar-refractivity contribution in [2.45, 2.75) is 0 Å². The van der Waals surface area contributed by atoms with E-state index in [1.165, 1.54) is 6.07 Å². The van der Waals surface area contributed by atoms with E-state index < -0.39 is 5.97 Å². The monoisotopic (exact) mass is 288 g/mol. The maximum Gasteiger partial charge on any atom is 0.336 e. The summed E-state index contributed by atoms with van der Waals surface area (Å²) >= 11 is 0. The van der Waals surface area contributed by atoms with E-state index in [2.05, 4.69) is 10.9 Å². The first-order chi connectivity index (χ1) is 10.7. The van der Waals surface area contributed by atoms with Gasteiger partial charge in [0.15, 0.2) is 0 Å². The third kappa shape index (κ3) is 2.25. The molecule has 4 nitrogen and oxygen atoms in total. The van der Waals surface area contributed by atoms with Crippen molar-refractivity contribution in [2.75, 3.05) is 0 Å². The summed E-state index contributed by atoms with van der Waals surface area (Å²) in [4.78, 5) is 15.4. The molecule has 0 saturated carbocycles. The third-order valence-corrected chi connectivity index (χ3v) is 3.42. The highest BCUT2D eigenvalue weighted by molar-refractivity contribution is 5.94. The molecule has 0 unspecified atom stereocenters. The van der Waals surface area contributed by atoms with Gasteiger partial charge in [-0.05, 0) is 12.1 Å². The summed E-state index contributed by atoms with van der Waals surface area (Å²) in [6, 6.07) is 12.7. The topological polar surface area (TPSA) is 55.1 Å². The maximum absolute atomic E-state index is 11.4. The Bertz CT molecular complexity index is 874. The quantitative estimate of drug-likeness (QED) is 0.753. The standard InChI is InChI=1S/C18H12N2O2/c1-2-13-14(7-5-8-16(13)18(21)22)15-6-3-4-9-17(15)20-11-10-19-12-20/h1,3-12H,(H,21,22). The molecule has 0 radical (unpaired) electrons. The molecule has 0 fully saturated rings. The molecule has 0 atom stereocenters. The lowest BCUT2D eigenvalue weighted by atomic mass is 9.94. The molecule has 3 aromatic rings. The summed E-state index contributed by atoms with van der Waals surface area (Å²) in [6.07, 6.45) is 10.8. The zero-order valence-corrected chi connectivity index (χ0v) is 11.6. The molecule has 1 N–H and O–H groups in total. The Morgan fingerprint density at radius 1 is 1.14 bits per heavy atom. The van der Waals surface area contributed by atoms with Gasteiger partial charge in [-0.15, -0.1) is 6.42 Å². The summed E-state index contributed by atoms with van der Waals surface area (Å²) in [6.45, 7) is 0. The molecule has 3 rings (SSSR count). The summed E-state index contributed by atoms with van der Waals surface area (Å²) in [5, 5.41) is 9.31. The van der Waals surface area contributed by atoms with Crippen LogP contribution in [0.2, 0.25) is 0 Å². The number of nitrogens with zero attached hydrogens (tertiary/aromatic N) is 2. The Kier molecular flexibility index (Phi) is 3.47. The van der Waals surface area contributed by atoms with E-state index in [-0.39, 0.29) is 5.56 Å². The predicted octanol–water partition coefficient (Wildman–Crippen LogP) is 3.22. The first-order valence-corrected chi connectivity index (χ1v) is 6.63. The van der Waals surface area contributed by atoms with Gasteiger partial charge >= 0.3 is 5.97 Å². The minimum Gasteiger partial charge on any atom is -0.478 e. The molecular formula is C18H12N2O2. The van der Waals surface area contributed by atoms with Gasteiger partial charge in [-0.3, -0.25) is 0 Å². The highest BCUT2D eigenvalue weighted by Crippen LogP contribution is 2.30. The average molecular weight is 288 g/mol. The number of hydrogen-bond donors (Lipinski definition) is 1. The number of para-hydroxylation sites is 1. The SMILES string of the molecule is C#Cc1c(C(=O)O)cccc1-c1ccccc1-n1ccnc1. The van der Waals surface area contributed by atoms with Crippen molar-refractivity contribution in [2.24, 2.45) is 0 Å². The number of carboxylic acids is 1. The van der Waals surface area contributed by atoms with Gasteiger partial charge in [0.2, 0.25) is 0 Å². The average Bonchev–Trinajstić information content (AvgIpc) is 3.08. The van der Waals surface area contributed by atoms with E-state index in [1.54, 1.807) is 18.6 Å². The summed E-state index contributed by atoms with van der Waals surface area (Å²) in [5.41, 5.74) is 2.96. The number of imidazole rings is 1. The molecule has 106 valence electrons. The number of aromatic nitrogens is 2. The Hall–Kier alpha value is -3.32. The first kappa shape index (κ1) is 13.7. The molecular weight excluding hydrogens is 276 g/mol. The van der Waals surface area contributed by atoms with Crippen LogP contribution in [0.15, 0.2) is 61.2 Å². The van der Waals surface area contributed by atoms with Crippen LogP contribution in [0.3, 0.4) is 0 Å². The molecule has 0 aliphatic heterocycles. The number of aromatic carboxylic acids is 1. The lowest BCUT2D eigenvalue weighted by Gasteiger charge is -2.13. The fraction of sp³-hybridized carbons (Fsp3) is 0. The van der Waals surface area contributed by atoms with Crippen LogP contribution < -0.4 is 0 Å². The zero-order chi connectivity index (χ0) is 15.5. The highest BCUT2D eigenvalue weighted by Gasteiger charge is 2.15. The van der Waals surface area contributed by atoms with Crippen LogP contribution in [-0.2, 0) is 0 Å². The van der Waals surface area contributed by atoms with Crippen LogP contribution in [0, 0.1) is 12.3 Å². The molecule has 0 aliphatic rings. The van der Waals surface area contributed by atoms with Crippen LogP contribution in [0.5, 0.6) is 0 Å². The zero-order valence-electron chi connectivity index (χ0n) is 11.6. The predicted molar refractivity (Wildman–Crippen MR) is 83.9 cm³/mol. The Balaban J connectivity index is 2.28. The van der Waals surface area contributed by atoms with Gasteiger partial charge in [-0.1, -0.05) is 36.3 Å². The smallest absolute Gasteiger partial charge is 0.336 e. The molecule has 2 aromatic carbocycles. The summed E-state index contributed by atoms with van der Waals surface area (Å²) in [5.74, 6) is 1.48. The Morgan fingerprint density at radius 3 is 2.59 bits per heavy atom. The van der Waals surface area contributed by atoms with Crippen molar-refractivity contribution in [1.29, 1.82) is 0 Å². The lowest BCUT2D eigenvalue weighted by molar-refractivity contribution is 0.0696. The van der Waals surface area contributed by atoms with Gasteiger partial charge in [0, 0.05) is 29.1 Å². The van der Waals surface area contributed by atoms with Crippen LogP contribution in [-0.4, -0.2) is 20.6 Å². The van der Waals surface area contributed by atoms with Gasteiger partial charge in [0.1, 0.15) is 0 Å². The molecule has 0 bridgehead atoms. The van der Waals surface area contributed by atoms with Crippen molar-refractivity contribution in [3.05, 3.63) is 72.3 Å². The van der Waals surface area contributed by atoms with E-state index in [9.17, 15) is 9.90 Å². The van der Waals surface area contributed by atoms with E-state index in [0.29, 0.717) is 11.1 Å². The van der Waals surface area contributed by atoms with Crippen LogP contribution >= 0.6 is 0 Å². The number of carbonyl (C=O) groups is 1. The van der Waals surface area contributed by atoms with Gasteiger partial charge < -0.3 is 9.67 Å². The van der Waals surface area contributed by atoms with Crippen molar-refractivity contribution in [3.63, 3.8) is 0 Å². The van der Waals surface area contributed by atoms with Gasteiger partial charge in [0.05, 0.1) is 17.6 Å². The number of terminal acetylenes is 1. The number of hydrogen-bond acceptors (Lipinski definition) is 2. The lowest BCUT2D eigenvalue weighted by Crippen LogP contribution is -2.03. The fourth-order valence-electron chi connectivity index (χ4n) is 2.44. The molecule has 4 heteroatoms. The molecule has 22 heavy (non-hydrogen) atoms. The second kappa shape index (κ2) is 5.58. The number of benzene rings is 2. The van der Waals surface area contributed by atoms with Gasteiger partial charge in [0.25, 0.3) is 0 Å². The second-order valence-corrected chi connectivity index (χ2v) is 4.66. The number of rotatable bonds is 3. The first-order valence-electron chi connectivity index (χ1n) is 6.63. The van der Waals surface area contributed by atoms with Crippen LogP contribution in [0.25, 0.3) is 16.8 Å². The van der Waals surface area contributed by atoms with Crippen molar-refractivity contribution in [3.8, 4) is 29.2 Å². The minimum atomic E-state index is -1.03. The molecule has 1 heterocycles. The Morgan fingerprint density at radius 2 is 1.91 bits per heavy atom. The van der Waals surface area contributed by atoms with E-state index in [4.69, 9.17) is 6.42 Å². The Labute approximate surface area is 127 Å². The molecule has 0 spiro atoms. The molecule has 0 amide bonds. The molecule has 0 saturated heterocycles. The van der Waals surface area contributed by atoms with Crippen LogP contribution in [0.4, 0.5) is 0 Å². The number of carboxylic acid groups (broad SMARTS) is 1. The van der Waals surface area contributed by atoms with Gasteiger partial charge in [-0.25, -0.2) is 9.78 Å². The van der Waals surface area contributed by atoms with Crippen molar-refractivity contribution in [1.82, 2.24) is 9.55 Å². The minimum absolute atomic E-state index is 0.125. The van der Waals surface area contributed by atoms with E-state index in [0.717, 1.165) is 11.3 Å². The van der Waals surface area contributed by atoms with E-state index >= 15 is 0 Å². The fourth-order valence-corrected chi connectivity index (χ4v) is 2.44. The largest absolute Gasteiger partial charge is 0.478 e. The van der Waals surface area contributed by atoms with Gasteiger partial charge in [-0.2, -0.15) is 0 Å². The normalized spacial score (nSPS) is 10.1. The van der Waals surface area contributed by atoms with Crippen molar-refractivity contribution < 1.29 is 9.90 Å². The maximum atomic E-state index is 11.4.